The zero-order valence-electron chi connectivity index (χ0n) is 17.6. The molecule has 0 radical (unpaired) electrons. The van der Waals surface area contributed by atoms with Crippen LogP contribution in [0.1, 0.15) is 26.7 Å². The molecule has 0 spiro atoms. The molecule has 4 aromatic rings. The summed E-state index contributed by atoms with van der Waals surface area (Å²) in [5.74, 6) is -1.75. The first kappa shape index (κ1) is 23.8. The van der Waals surface area contributed by atoms with Gasteiger partial charge in [0.2, 0.25) is 11.5 Å². The molecule has 2 heterocycles. The molecular weight excluding hydrogens is 500 g/mol. The first-order chi connectivity index (χ1) is 16.8. The van der Waals surface area contributed by atoms with E-state index >= 15 is 0 Å². The summed E-state index contributed by atoms with van der Waals surface area (Å²) >= 11 is 5.79. The largest absolute Gasteiger partial charge is 0.457 e. The molecule has 0 saturated carbocycles. The number of halogens is 1. The van der Waals surface area contributed by atoms with Crippen molar-refractivity contribution in [2.24, 2.45) is 5.10 Å². The van der Waals surface area contributed by atoms with E-state index < -0.39 is 22.0 Å². The van der Waals surface area contributed by atoms with Gasteiger partial charge in [-0.05, 0) is 60.7 Å². The minimum atomic E-state index is -3.98. The van der Waals surface area contributed by atoms with E-state index in [1.807, 2.05) is 0 Å². The van der Waals surface area contributed by atoms with E-state index in [2.05, 4.69) is 9.93 Å². The molecule has 0 aliphatic heterocycles. The highest BCUT2D eigenvalue weighted by Crippen LogP contribution is 2.26. The molecule has 2 aromatic heterocycles. The second kappa shape index (κ2) is 10.3. The Labute approximate surface area is 203 Å². The number of ether oxygens (including phenoxy) is 2. The van der Waals surface area contributed by atoms with Gasteiger partial charge in [0.05, 0.1) is 23.6 Å². The maximum absolute atomic E-state index is 12.4. The van der Waals surface area contributed by atoms with E-state index in [9.17, 15) is 18.0 Å². The fourth-order valence-electron chi connectivity index (χ4n) is 2.70. The van der Waals surface area contributed by atoms with Crippen molar-refractivity contribution in [2.75, 3.05) is 0 Å². The zero-order valence-corrected chi connectivity index (χ0v) is 19.2. The lowest BCUT2D eigenvalue weighted by Gasteiger charge is -2.09. The van der Waals surface area contributed by atoms with Crippen LogP contribution in [-0.2, 0) is 10.0 Å². The topological polar surface area (TPSA) is 137 Å². The summed E-state index contributed by atoms with van der Waals surface area (Å²) in [5, 5.41) is 4.12. The van der Waals surface area contributed by atoms with Gasteiger partial charge in [0.15, 0.2) is 0 Å². The minimum absolute atomic E-state index is 0.0265. The van der Waals surface area contributed by atoms with Crippen LogP contribution in [0, 0.1) is 0 Å². The highest BCUT2D eigenvalue weighted by molar-refractivity contribution is 7.89. The number of sulfonamides is 1. The molecule has 10 nitrogen and oxygen atoms in total. The number of nitrogens with one attached hydrogen (secondary N) is 1. The number of carbonyl (C=O) groups is 2. The van der Waals surface area contributed by atoms with Crippen LogP contribution in [0.15, 0.2) is 98.1 Å². The Morgan fingerprint density at radius 1 is 0.886 bits per heavy atom. The van der Waals surface area contributed by atoms with Gasteiger partial charge in [-0.25, -0.2) is 14.4 Å². The molecule has 12 heteroatoms. The highest BCUT2D eigenvalue weighted by atomic mass is 35.5. The predicted octanol–water partition coefficient (Wildman–Crippen LogP) is 4.28. The summed E-state index contributed by atoms with van der Waals surface area (Å²) < 4.78 is 45.4. The number of esters is 2. The maximum Gasteiger partial charge on any atom is 0.379 e. The molecular formula is C23H15ClN2O8S. The van der Waals surface area contributed by atoms with Crippen LogP contribution in [0.5, 0.6) is 11.5 Å². The van der Waals surface area contributed by atoms with Gasteiger partial charge >= 0.3 is 11.9 Å². The summed E-state index contributed by atoms with van der Waals surface area (Å²) in [4.78, 5) is 26.6. The van der Waals surface area contributed by atoms with Gasteiger partial charge in [0.25, 0.3) is 10.0 Å². The molecule has 0 atom stereocenters. The van der Waals surface area contributed by atoms with Crippen molar-refractivity contribution in [3.05, 3.63) is 101 Å². The van der Waals surface area contributed by atoms with E-state index in [1.165, 1.54) is 79.3 Å². The van der Waals surface area contributed by atoms with Gasteiger partial charge in [0.1, 0.15) is 11.5 Å². The second-order valence-electron chi connectivity index (χ2n) is 6.74. The molecule has 0 bridgehead atoms. The van der Waals surface area contributed by atoms with Crippen molar-refractivity contribution in [2.45, 2.75) is 4.90 Å². The van der Waals surface area contributed by atoms with E-state index in [4.69, 9.17) is 29.9 Å². The molecule has 0 saturated heterocycles. The van der Waals surface area contributed by atoms with E-state index in [1.54, 1.807) is 0 Å². The molecule has 0 unspecified atom stereocenters. The van der Waals surface area contributed by atoms with Gasteiger partial charge in [-0.3, -0.25) is 0 Å². The van der Waals surface area contributed by atoms with Crippen molar-refractivity contribution in [3.63, 3.8) is 0 Å². The molecule has 178 valence electrons. The Balaban J connectivity index is 1.57. The lowest BCUT2D eigenvalue weighted by molar-refractivity contribution is 0.0698. The van der Waals surface area contributed by atoms with Crippen LogP contribution in [0.4, 0.5) is 0 Å². The SMILES string of the molecule is O=C(Oc1ccc(/C=N\NS(=O)(=O)c2ccc(Cl)cc2)c(OC(=O)c2ccco2)c1)c1ccco1. The molecule has 0 fully saturated rings. The third kappa shape index (κ3) is 5.96. The monoisotopic (exact) mass is 514 g/mol. The summed E-state index contributed by atoms with van der Waals surface area (Å²) in [7, 11) is -3.98. The Morgan fingerprint density at radius 3 is 2.11 bits per heavy atom. The van der Waals surface area contributed by atoms with Gasteiger partial charge in [-0.1, -0.05) is 11.6 Å². The number of carbonyl (C=O) groups excluding carboxylic acids is 2. The van der Waals surface area contributed by atoms with E-state index in [-0.39, 0.29) is 33.5 Å². The lowest BCUT2D eigenvalue weighted by Crippen LogP contribution is -2.18. The summed E-state index contributed by atoms with van der Waals surface area (Å²) in [5.41, 5.74) is 0.196. The number of benzene rings is 2. The summed E-state index contributed by atoms with van der Waals surface area (Å²) in [6.07, 6.45) is 3.74. The fraction of sp³-hybridized carbons (Fsp3) is 0. The number of nitrogens with zero attached hydrogens (tertiary/aromatic N) is 1. The Morgan fingerprint density at radius 2 is 1.51 bits per heavy atom. The Bertz CT molecular complexity index is 1460. The number of hydrogen-bond acceptors (Lipinski definition) is 9. The first-order valence-electron chi connectivity index (χ1n) is 9.78. The third-order valence-electron chi connectivity index (χ3n) is 4.34. The predicted molar refractivity (Wildman–Crippen MR) is 123 cm³/mol. The van der Waals surface area contributed by atoms with Crippen molar-refractivity contribution >= 4 is 39.8 Å². The van der Waals surface area contributed by atoms with Crippen molar-refractivity contribution < 1.29 is 36.3 Å². The van der Waals surface area contributed by atoms with E-state index in [0.717, 1.165) is 6.21 Å². The van der Waals surface area contributed by atoms with Crippen LogP contribution in [0.2, 0.25) is 5.02 Å². The van der Waals surface area contributed by atoms with Crippen LogP contribution in [-0.4, -0.2) is 26.6 Å². The molecule has 0 aliphatic rings. The van der Waals surface area contributed by atoms with Crippen molar-refractivity contribution in [1.29, 1.82) is 0 Å². The molecule has 1 N–H and O–H groups in total. The maximum atomic E-state index is 12.4. The van der Waals surface area contributed by atoms with Crippen molar-refractivity contribution in [3.8, 4) is 11.5 Å². The number of hydrazone groups is 1. The van der Waals surface area contributed by atoms with E-state index in [0.29, 0.717) is 5.02 Å². The van der Waals surface area contributed by atoms with Gasteiger partial charge in [-0.2, -0.15) is 13.5 Å². The normalized spacial score (nSPS) is 11.3. The van der Waals surface area contributed by atoms with Crippen LogP contribution in [0.25, 0.3) is 0 Å². The molecule has 0 aliphatic carbocycles. The smallest absolute Gasteiger partial charge is 0.379 e. The Kier molecular flexibility index (Phi) is 6.99. The third-order valence-corrected chi connectivity index (χ3v) is 5.83. The second-order valence-corrected chi connectivity index (χ2v) is 8.84. The minimum Gasteiger partial charge on any atom is -0.457 e. The zero-order chi connectivity index (χ0) is 24.8. The number of rotatable bonds is 8. The fourth-order valence-corrected chi connectivity index (χ4v) is 3.62. The van der Waals surface area contributed by atoms with Gasteiger partial charge in [-0.15, -0.1) is 0 Å². The number of furan rings is 2. The standard InChI is InChI=1S/C23H15ClN2O8S/c24-16-6-9-18(10-7-16)35(29,30)26-25-14-15-5-8-17(33-22(27)19-3-1-11-31-19)13-21(15)34-23(28)20-4-2-12-32-20/h1-14,26H/b25-14-. The summed E-state index contributed by atoms with van der Waals surface area (Å²) in [6, 6.07) is 15.4. The average Bonchev–Trinajstić information content (AvgIpc) is 3.55. The van der Waals surface area contributed by atoms with Crippen molar-refractivity contribution in [1.82, 2.24) is 4.83 Å². The summed E-state index contributed by atoms with van der Waals surface area (Å²) in [6.45, 7) is 0. The Hall–Kier alpha value is -4.35. The molecule has 2 aromatic carbocycles. The molecule has 0 amide bonds. The molecule has 35 heavy (non-hydrogen) atoms. The average molecular weight is 515 g/mol. The molecule has 4 rings (SSSR count). The number of hydrogen-bond donors (Lipinski definition) is 1. The van der Waals surface area contributed by atoms with Gasteiger partial charge < -0.3 is 18.3 Å². The first-order valence-corrected chi connectivity index (χ1v) is 11.6. The quantitative estimate of drug-likeness (QED) is 0.159. The van der Waals surface area contributed by atoms with Crippen LogP contribution < -0.4 is 14.3 Å². The van der Waals surface area contributed by atoms with Gasteiger partial charge in [0, 0.05) is 16.7 Å². The highest BCUT2D eigenvalue weighted by Gasteiger charge is 2.18. The lowest BCUT2D eigenvalue weighted by atomic mass is 10.2. The van der Waals surface area contributed by atoms with Crippen LogP contribution >= 0.6 is 11.6 Å². The van der Waals surface area contributed by atoms with Crippen LogP contribution in [0.3, 0.4) is 0 Å².